The average Bonchev–Trinajstić information content (AvgIpc) is 2.86. The molecule has 2 aliphatic rings. The van der Waals surface area contributed by atoms with Gasteiger partial charge in [-0.05, 0) is 78.3 Å². The molecule has 3 aromatic rings. The summed E-state index contributed by atoms with van der Waals surface area (Å²) in [6.07, 6.45) is 2.97. The molecule has 0 unspecified atom stereocenters. The first-order valence-electron chi connectivity index (χ1n) is 11.8. The fourth-order valence-corrected chi connectivity index (χ4v) is 6.32. The topological polar surface area (TPSA) is 33.7 Å². The summed E-state index contributed by atoms with van der Waals surface area (Å²) < 4.78 is 28.8. The average molecular weight is 479 g/mol. The van der Waals surface area contributed by atoms with E-state index in [4.69, 9.17) is 9.47 Å². The number of hydrogen-bond donors (Lipinski definition) is 1. The smallest absolute Gasteiger partial charge is 0.170 e. The second-order valence-electron chi connectivity index (χ2n) is 8.89. The van der Waals surface area contributed by atoms with Crippen LogP contribution in [0.2, 0.25) is 0 Å². The zero-order valence-corrected chi connectivity index (χ0v) is 21.5. The number of ether oxygens (including phenoxy) is 2. The van der Waals surface area contributed by atoms with Gasteiger partial charge in [-0.3, -0.25) is 0 Å². The number of anilines is 2. The van der Waals surface area contributed by atoms with E-state index in [1.807, 2.05) is 6.07 Å². The molecule has 0 saturated carbocycles. The lowest BCUT2D eigenvalue weighted by atomic mass is 9.80. The molecule has 3 aromatic carbocycles. The Morgan fingerprint density at radius 3 is 2.53 bits per heavy atom. The number of hydrogen-bond acceptors (Lipinski definition) is 5. The van der Waals surface area contributed by atoms with E-state index in [-0.39, 0.29) is 5.82 Å². The first-order chi connectivity index (χ1) is 16.4. The van der Waals surface area contributed by atoms with Gasteiger partial charge in [-0.25, -0.2) is 4.39 Å². The van der Waals surface area contributed by atoms with Gasteiger partial charge in [0.25, 0.3) is 0 Å². The molecule has 2 heterocycles. The van der Waals surface area contributed by atoms with Crippen LogP contribution in [0.5, 0.6) is 11.5 Å². The largest absolute Gasteiger partial charge is 0.494 e. The highest BCUT2D eigenvalue weighted by Crippen LogP contribution is 2.52. The monoisotopic (exact) mass is 478 g/mol. The molecule has 0 radical (unpaired) electrons. The van der Waals surface area contributed by atoms with Crippen LogP contribution >= 0.6 is 11.9 Å². The number of benzene rings is 3. The van der Waals surface area contributed by atoms with Gasteiger partial charge < -0.3 is 19.1 Å². The van der Waals surface area contributed by atoms with Gasteiger partial charge in [0.05, 0.1) is 25.0 Å². The predicted molar refractivity (Wildman–Crippen MR) is 141 cm³/mol. The molecule has 0 amide bonds. The number of nitrogens with zero attached hydrogens (tertiary/aromatic N) is 1. The third-order valence-electron chi connectivity index (χ3n) is 7.28. The molecule has 1 N–H and O–H groups in total. The van der Waals surface area contributed by atoms with Crippen molar-refractivity contribution in [3.8, 4) is 33.8 Å². The van der Waals surface area contributed by atoms with Crippen molar-refractivity contribution in [3.05, 3.63) is 57.9 Å². The summed E-state index contributed by atoms with van der Waals surface area (Å²) in [4.78, 5) is 0. The Labute approximate surface area is 205 Å². The Balaban J connectivity index is 1.85. The fourth-order valence-electron chi connectivity index (χ4n) is 5.65. The van der Waals surface area contributed by atoms with Crippen LogP contribution < -0.4 is 19.1 Å². The van der Waals surface area contributed by atoms with Crippen molar-refractivity contribution < 1.29 is 13.9 Å². The Kier molecular flexibility index (Phi) is 5.88. The lowest BCUT2D eigenvalue weighted by molar-refractivity contribution is 0.323. The first-order valence-corrected chi connectivity index (χ1v) is 12.9. The number of rotatable bonds is 4. The van der Waals surface area contributed by atoms with Crippen molar-refractivity contribution in [2.24, 2.45) is 0 Å². The van der Waals surface area contributed by atoms with E-state index >= 15 is 4.39 Å². The lowest BCUT2D eigenvalue weighted by Gasteiger charge is -2.36. The summed E-state index contributed by atoms with van der Waals surface area (Å²) in [6, 6.07) is 8.02. The molecule has 5 rings (SSSR count). The van der Waals surface area contributed by atoms with Crippen molar-refractivity contribution in [1.29, 1.82) is 0 Å². The maximum Gasteiger partial charge on any atom is 0.170 e. The summed E-state index contributed by atoms with van der Waals surface area (Å²) in [5, 5.41) is 3.53. The van der Waals surface area contributed by atoms with Gasteiger partial charge in [-0.2, -0.15) is 0 Å². The maximum atomic E-state index is 15.4. The summed E-state index contributed by atoms with van der Waals surface area (Å²) in [6.45, 7) is 10.8. The van der Waals surface area contributed by atoms with Crippen molar-refractivity contribution in [3.63, 3.8) is 0 Å². The molecule has 0 fully saturated rings. The van der Waals surface area contributed by atoms with E-state index in [1.165, 1.54) is 46.2 Å². The molecule has 4 nitrogen and oxygen atoms in total. The SMILES string of the molecule is CCc1c(C)c2c(c(C)c1-c1ccc3c(c1C)NCCO3)-c1ccc(OC)c(F)c1CN2SC. The van der Waals surface area contributed by atoms with Gasteiger partial charge in [0.15, 0.2) is 11.6 Å². The minimum atomic E-state index is -0.269. The molecule has 0 bridgehead atoms. The zero-order chi connectivity index (χ0) is 24.1. The summed E-state index contributed by atoms with van der Waals surface area (Å²) in [7, 11) is 1.52. The molecular formula is C28H31FN2O2S. The van der Waals surface area contributed by atoms with Crippen LogP contribution in [0.3, 0.4) is 0 Å². The molecule has 0 saturated heterocycles. The van der Waals surface area contributed by atoms with Crippen molar-refractivity contribution in [1.82, 2.24) is 0 Å². The highest BCUT2D eigenvalue weighted by atomic mass is 32.2. The van der Waals surface area contributed by atoms with Gasteiger partial charge in [-0.1, -0.05) is 31.0 Å². The van der Waals surface area contributed by atoms with E-state index in [0.29, 0.717) is 24.5 Å². The summed E-state index contributed by atoms with van der Waals surface area (Å²) >= 11 is 1.64. The number of methoxy groups -OCH3 is 1. The van der Waals surface area contributed by atoms with Crippen molar-refractivity contribution >= 4 is 23.3 Å². The van der Waals surface area contributed by atoms with Gasteiger partial charge in [0, 0.05) is 23.9 Å². The molecule has 178 valence electrons. The Morgan fingerprint density at radius 1 is 1.06 bits per heavy atom. The van der Waals surface area contributed by atoms with E-state index < -0.39 is 0 Å². The van der Waals surface area contributed by atoms with Gasteiger partial charge >= 0.3 is 0 Å². The highest BCUT2D eigenvalue weighted by Gasteiger charge is 2.32. The van der Waals surface area contributed by atoms with Gasteiger partial charge in [0.2, 0.25) is 0 Å². The number of fused-ring (bicyclic) bond motifs is 4. The molecule has 0 aromatic heterocycles. The predicted octanol–water partition coefficient (Wildman–Crippen LogP) is 7.06. The number of nitrogens with one attached hydrogen (secondary N) is 1. The Hall–Kier alpha value is -2.86. The van der Waals surface area contributed by atoms with E-state index in [2.05, 4.69) is 55.7 Å². The van der Waals surface area contributed by atoms with Gasteiger partial charge in [0.1, 0.15) is 12.4 Å². The quantitative estimate of drug-likeness (QED) is 0.406. The fraction of sp³-hybridized carbons (Fsp3) is 0.357. The van der Waals surface area contributed by atoms with Crippen LogP contribution in [-0.4, -0.2) is 26.5 Å². The van der Waals surface area contributed by atoms with Crippen LogP contribution in [0.25, 0.3) is 22.3 Å². The molecule has 0 atom stereocenters. The normalized spacial score (nSPS) is 14.0. The van der Waals surface area contributed by atoms with Crippen LogP contribution in [0, 0.1) is 26.6 Å². The van der Waals surface area contributed by atoms with E-state index in [0.717, 1.165) is 35.5 Å². The third kappa shape index (κ3) is 3.26. The maximum absolute atomic E-state index is 15.4. The Morgan fingerprint density at radius 2 is 1.82 bits per heavy atom. The van der Waals surface area contributed by atoms with E-state index in [1.54, 1.807) is 18.0 Å². The first kappa shape index (κ1) is 22.9. The standard InChI is InChI=1S/C28H31FN2O2S/c1-7-18-16(3)28-25(20-9-10-22(32-5)26(29)21(20)14-31(28)34-6)17(4)24(18)19-8-11-23-27(15(19)2)30-12-13-33-23/h8-11,30H,7,12-14H2,1-6H3. The Bertz CT molecular complexity index is 1300. The van der Waals surface area contributed by atoms with E-state index in [9.17, 15) is 0 Å². The second kappa shape index (κ2) is 8.73. The van der Waals surface area contributed by atoms with Crippen molar-refractivity contribution in [2.45, 2.75) is 40.7 Å². The molecule has 0 aliphatic carbocycles. The minimum Gasteiger partial charge on any atom is -0.494 e. The van der Waals surface area contributed by atoms with Gasteiger partial charge in [-0.15, -0.1) is 0 Å². The van der Waals surface area contributed by atoms with Crippen LogP contribution in [0.4, 0.5) is 15.8 Å². The summed E-state index contributed by atoms with van der Waals surface area (Å²) in [5.74, 6) is 0.930. The third-order valence-corrected chi connectivity index (χ3v) is 8.03. The zero-order valence-electron chi connectivity index (χ0n) is 20.7. The lowest BCUT2D eigenvalue weighted by Crippen LogP contribution is -2.23. The minimum absolute atomic E-state index is 0.269. The number of halogens is 1. The highest BCUT2D eigenvalue weighted by molar-refractivity contribution is 7.99. The molecule has 6 heteroatoms. The summed E-state index contributed by atoms with van der Waals surface area (Å²) in [5.41, 5.74) is 12.4. The van der Waals surface area contributed by atoms with Crippen LogP contribution in [0.15, 0.2) is 24.3 Å². The van der Waals surface area contributed by atoms with Crippen molar-refractivity contribution in [2.75, 3.05) is 36.1 Å². The molecule has 34 heavy (non-hydrogen) atoms. The van der Waals surface area contributed by atoms with Crippen LogP contribution in [0.1, 0.15) is 34.7 Å². The molecule has 2 aliphatic heterocycles. The second-order valence-corrected chi connectivity index (χ2v) is 9.70. The molecular weight excluding hydrogens is 447 g/mol. The molecule has 0 spiro atoms. The van der Waals surface area contributed by atoms with Crippen LogP contribution in [-0.2, 0) is 13.0 Å².